The van der Waals surface area contributed by atoms with Gasteiger partial charge in [0.2, 0.25) is 0 Å². The van der Waals surface area contributed by atoms with E-state index in [9.17, 15) is 14.4 Å². The van der Waals surface area contributed by atoms with E-state index >= 15 is 0 Å². The Hall–Kier alpha value is -2.37. The van der Waals surface area contributed by atoms with Gasteiger partial charge in [0.15, 0.2) is 0 Å². The molecule has 0 heterocycles. The number of hydrogen-bond acceptors (Lipinski definition) is 5. The summed E-state index contributed by atoms with van der Waals surface area (Å²) < 4.78 is 10.3. The fourth-order valence-electron chi connectivity index (χ4n) is 2.25. The summed E-state index contributed by atoms with van der Waals surface area (Å²) in [5, 5.41) is 2.54. The van der Waals surface area contributed by atoms with E-state index in [2.05, 4.69) is 5.32 Å². The molecule has 6 heteroatoms. The fourth-order valence-corrected chi connectivity index (χ4v) is 2.25. The molecule has 1 aromatic carbocycles. The highest BCUT2D eigenvalue weighted by molar-refractivity contribution is 5.73. The van der Waals surface area contributed by atoms with Crippen molar-refractivity contribution < 1.29 is 23.9 Å². The first-order chi connectivity index (χ1) is 12.3. The molecule has 6 nitrogen and oxygen atoms in total. The summed E-state index contributed by atoms with van der Waals surface area (Å²) in [4.78, 5) is 34.4. The summed E-state index contributed by atoms with van der Waals surface area (Å²) in [5.74, 6) is -0.229. The maximum Gasteiger partial charge on any atom is 0.408 e. The standard InChI is InChI=1S/C20H29NO5/c1-20(2,3)26-19(24)21-17(14-22)12-8-5-9-13-18(23)25-15-16-10-6-4-7-11-16/h4,6-7,10-11,14,17H,5,8-9,12-13,15H2,1-3H3,(H,21,24)/t17-/m0/s1. The number of ether oxygens (including phenoxy) is 2. The number of benzene rings is 1. The van der Waals surface area contributed by atoms with Gasteiger partial charge in [-0.05, 0) is 39.2 Å². The van der Waals surface area contributed by atoms with Crippen molar-refractivity contribution in [2.45, 2.75) is 71.1 Å². The smallest absolute Gasteiger partial charge is 0.408 e. The molecule has 0 aliphatic carbocycles. The second-order valence-electron chi connectivity index (χ2n) is 7.13. The third kappa shape index (κ3) is 10.5. The molecule has 0 unspecified atom stereocenters. The number of hydrogen-bond donors (Lipinski definition) is 1. The van der Waals surface area contributed by atoms with Crippen LogP contribution in [0.15, 0.2) is 30.3 Å². The molecule has 1 aromatic rings. The monoisotopic (exact) mass is 363 g/mol. The molecule has 0 spiro atoms. The summed E-state index contributed by atoms with van der Waals surface area (Å²) in [6, 6.07) is 8.95. The summed E-state index contributed by atoms with van der Waals surface area (Å²) in [6.45, 7) is 5.57. The van der Waals surface area contributed by atoms with Crippen LogP contribution in [-0.2, 0) is 25.7 Å². The van der Waals surface area contributed by atoms with E-state index in [1.165, 1.54) is 0 Å². The maximum absolute atomic E-state index is 11.7. The molecule has 1 atom stereocenters. The zero-order chi connectivity index (χ0) is 19.4. The number of rotatable bonds is 10. The van der Waals surface area contributed by atoms with Crippen molar-refractivity contribution in [1.29, 1.82) is 0 Å². The Morgan fingerprint density at radius 2 is 1.81 bits per heavy atom. The van der Waals surface area contributed by atoms with E-state index < -0.39 is 17.7 Å². The summed E-state index contributed by atoms with van der Waals surface area (Å²) in [5.41, 5.74) is 0.361. The lowest BCUT2D eigenvalue weighted by molar-refractivity contribution is -0.145. The van der Waals surface area contributed by atoms with Gasteiger partial charge < -0.3 is 19.6 Å². The molecule has 0 saturated heterocycles. The van der Waals surface area contributed by atoms with Crippen LogP contribution in [0.25, 0.3) is 0 Å². The average Bonchev–Trinajstić information content (AvgIpc) is 2.58. The number of alkyl carbamates (subject to hydrolysis) is 1. The molecule has 1 rings (SSSR count). The molecule has 0 fully saturated rings. The Balaban J connectivity index is 2.13. The summed E-state index contributed by atoms with van der Waals surface area (Å²) in [6.07, 6.45) is 3.16. The van der Waals surface area contributed by atoms with Crippen molar-refractivity contribution in [2.75, 3.05) is 0 Å². The molecule has 0 aromatic heterocycles. The number of unbranched alkanes of at least 4 members (excludes halogenated alkanes) is 2. The number of carbonyl (C=O) groups is 3. The average molecular weight is 363 g/mol. The van der Waals surface area contributed by atoms with Gasteiger partial charge in [-0.25, -0.2) is 4.79 Å². The Morgan fingerprint density at radius 1 is 1.12 bits per heavy atom. The second kappa shape index (κ2) is 11.3. The van der Waals surface area contributed by atoms with E-state index in [-0.39, 0.29) is 12.6 Å². The summed E-state index contributed by atoms with van der Waals surface area (Å²) >= 11 is 0. The van der Waals surface area contributed by atoms with Crippen LogP contribution in [-0.4, -0.2) is 30.0 Å². The molecule has 1 N–H and O–H groups in total. The quantitative estimate of drug-likeness (QED) is 0.389. The lowest BCUT2D eigenvalue weighted by atomic mass is 10.1. The zero-order valence-electron chi connectivity index (χ0n) is 15.8. The van der Waals surface area contributed by atoms with Crippen molar-refractivity contribution in [3.05, 3.63) is 35.9 Å². The molecule has 0 saturated carbocycles. The van der Waals surface area contributed by atoms with Gasteiger partial charge >= 0.3 is 12.1 Å². The third-order valence-corrected chi connectivity index (χ3v) is 3.51. The molecule has 1 amide bonds. The minimum absolute atomic E-state index is 0.229. The molecule has 144 valence electrons. The second-order valence-corrected chi connectivity index (χ2v) is 7.13. The van der Waals surface area contributed by atoms with E-state index in [1.54, 1.807) is 20.8 Å². The highest BCUT2D eigenvalue weighted by atomic mass is 16.6. The summed E-state index contributed by atoms with van der Waals surface area (Å²) in [7, 11) is 0. The molecular formula is C20H29NO5. The maximum atomic E-state index is 11.7. The lowest BCUT2D eigenvalue weighted by Crippen LogP contribution is -2.39. The molecule has 0 aliphatic heterocycles. The molecular weight excluding hydrogens is 334 g/mol. The SMILES string of the molecule is CC(C)(C)OC(=O)N[C@H](C=O)CCCCCC(=O)OCc1ccccc1. The molecule has 0 radical (unpaired) electrons. The van der Waals surface area contributed by atoms with Crippen molar-refractivity contribution in [3.63, 3.8) is 0 Å². The van der Waals surface area contributed by atoms with Crippen LogP contribution in [0, 0.1) is 0 Å². The van der Waals surface area contributed by atoms with Crippen LogP contribution in [0.3, 0.4) is 0 Å². The Bertz CT molecular complexity index is 565. The highest BCUT2D eigenvalue weighted by Crippen LogP contribution is 2.10. The largest absolute Gasteiger partial charge is 0.461 e. The van der Waals surface area contributed by atoms with Gasteiger partial charge in [-0.1, -0.05) is 43.2 Å². The third-order valence-electron chi connectivity index (χ3n) is 3.51. The lowest BCUT2D eigenvalue weighted by Gasteiger charge is -2.21. The van der Waals surface area contributed by atoms with Gasteiger partial charge in [0.1, 0.15) is 18.5 Å². The van der Waals surface area contributed by atoms with Crippen LogP contribution < -0.4 is 5.32 Å². The van der Waals surface area contributed by atoms with Crippen molar-refractivity contribution in [3.8, 4) is 0 Å². The van der Waals surface area contributed by atoms with Gasteiger partial charge in [0, 0.05) is 6.42 Å². The van der Waals surface area contributed by atoms with Crippen molar-refractivity contribution >= 4 is 18.3 Å². The molecule has 0 aliphatic rings. The molecule has 26 heavy (non-hydrogen) atoms. The predicted octanol–water partition coefficient (Wildman–Crippen LogP) is 3.77. The van der Waals surface area contributed by atoms with E-state index in [4.69, 9.17) is 9.47 Å². The number of aldehydes is 1. The van der Waals surface area contributed by atoms with Gasteiger partial charge in [0.05, 0.1) is 6.04 Å². The number of amides is 1. The van der Waals surface area contributed by atoms with Gasteiger partial charge in [-0.15, -0.1) is 0 Å². The molecule has 0 bridgehead atoms. The first kappa shape index (κ1) is 21.7. The minimum atomic E-state index is -0.600. The van der Waals surface area contributed by atoms with Crippen LogP contribution >= 0.6 is 0 Å². The van der Waals surface area contributed by atoms with E-state index in [1.807, 2.05) is 30.3 Å². The zero-order valence-corrected chi connectivity index (χ0v) is 15.8. The number of nitrogens with one attached hydrogen (secondary N) is 1. The normalized spacial score (nSPS) is 12.1. The minimum Gasteiger partial charge on any atom is -0.461 e. The van der Waals surface area contributed by atoms with Crippen LogP contribution in [0.1, 0.15) is 58.4 Å². The first-order valence-corrected chi connectivity index (χ1v) is 8.94. The predicted molar refractivity (Wildman–Crippen MR) is 98.5 cm³/mol. The van der Waals surface area contributed by atoms with E-state index in [0.717, 1.165) is 18.4 Å². The highest BCUT2D eigenvalue weighted by Gasteiger charge is 2.19. The van der Waals surface area contributed by atoms with Crippen LogP contribution in [0.4, 0.5) is 4.79 Å². The Morgan fingerprint density at radius 3 is 2.42 bits per heavy atom. The van der Waals surface area contributed by atoms with Crippen LogP contribution in [0.5, 0.6) is 0 Å². The Kier molecular flexibility index (Phi) is 9.41. The van der Waals surface area contributed by atoms with Crippen molar-refractivity contribution in [2.24, 2.45) is 0 Å². The van der Waals surface area contributed by atoms with Gasteiger partial charge in [-0.2, -0.15) is 0 Å². The van der Waals surface area contributed by atoms with Gasteiger partial charge in [-0.3, -0.25) is 4.79 Å². The van der Waals surface area contributed by atoms with Crippen molar-refractivity contribution in [1.82, 2.24) is 5.32 Å². The fraction of sp³-hybridized carbons (Fsp3) is 0.550. The topological polar surface area (TPSA) is 81.7 Å². The Labute approximate surface area is 155 Å². The van der Waals surface area contributed by atoms with E-state index in [0.29, 0.717) is 25.5 Å². The first-order valence-electron chi connectivity index (χ1n) is 8.94. The van der Waals surface area contributed by atoms with Gasteiger partial charge in [0.25, 0.3) is 0 Å². The number of carbonyl (C=O) groups excluding carboxylic acids is 3. The number of esters is 1. The van der Waals surface area contributed by atoms with Crippen LogP contribution in [0.2, 0.25) is 0 Å².